The van der Waals surface area contributed by atoms with Crippen molar-refractivity contribution in [2.75, 3.05) is 5.32 Å². The van der Waals surface area contributed by atoms with Crippen LogP contribution in [0.15, 0.2) is 30.5 Å². The summed E-state index contributed by atoms with van der Waals surface area (Å²) < 4.78 is 39.6. The molecule has 0 aliphatic rings. The number of rotatable bonds is 4. The van der Waals surface area contributed by atoms with Gasteiger partial charge in [-0.1, -0.05) is 6.07 Å². The number of anilines is 1. The molecule has 2 rings (SSSR count). The minimum absolute atomic E-state index is 0.0818. The Morgan fingerprint density at radius 3 is 2.70 bits per heavy atom. The first-order chi connectivity index (χ1) is 10.8. The number of aromatic nitrogens is 2. The van der Waals surface area contributed by atoms with Crippen LogP contribution in [0.5, 0.6) is 0 Å². The molecule has 2 amide bonds. The standard InChI is InChI=1S/C15H17F3N4O/c1-3-22-10(2)11(9-20-22)8-19-14(23)21-13-6-4-5-12(7-13)15(16,17)18/h4-7,9H,3,8H2,1-2H3,(H2,19,21,23). The number of nitrogens with zero attached hydrogens (tertiary/aromatic N) is 2. The van der Waals surface area contributed by atoms with Gasteiger partial charge in [0.05, 0.1) is 11.8 Å². The summed E-state index contributed by atoms with van der Waals surface area (Å²) in [5, 5.41) is 9.14. The fraction of sp³-hybridized carbons (Fsp3) is 0.333. The van der Waals surface area contributed by atoms with Crippen molar-refractivity contribution in [3.05, 3.63) is 47.3 Å². The molecule has 0 saturated heterocycles. The summed E-state index contributed by atoms with van der Waals surface area (Å²) in [4.78, 5) is 11.8. The summed E-state index contributed by atoms with van der Waals surface area (Å²) >= 11 is 0. The number of nitrogens with one attached hydrogen (secondary N) is 2. The van der Waals surface area contributed by atoms with Crippen LogP contribution in [0.4, 0.5) is 23.7 Å². The number of carbonyl (C=O) groups excluding carboxylic acids is 1. The highest BCUT2D eigenvalue weighted by atomic mass is 19.4. The molecule has 0 aliphatic carbocycles. The summed E-state index contributed by atoms with van der Waals surface area (Å²) in [5.74, 6) is 0. The summed E-state index contributed by atoms with van der Waals surface area (Å²) in [6, 6.07) is 3.90. The van der Waals surface area contributed by atoms with E-state index in [-0.39, 0.29) is 12.2 Å². The van der Waals surface area contributed by atoms with E-state index in [0.717, 1.165) is 29.9 Å². The van der Waals surface area contributed by atoms with Gasteiger partial charge in [-0.3, -0.25) is 4.68 Å². The number of hydrogen-bond acceptors (Lipinski definition) is 2. The molecule has 8 heteroatoms. The number of aryl methyl sites for hydroxylation is 1. The van der Waals surface area contributed by atoms with Gasteiger partial charge in [-0.05, 0) is 32.0 Å². The van der Waals surface area contributed by atoms with E-state index in [2.05, 4.69) is 15.7 Å². The van der Waals surface area contributed by atoms with Crippen LogP contribution in [0.3, 0.4) is 0 Å². The van der Waals surface area contributed by atoms with E-state index in [1.54, 1.807) is 10.9 Å². The fourth-order valence-corrected chi connectivity index (χ4v) is 2.10. The van der Waals surface area contributed by atoms with Gasteiger partial charge < -0.3 is 10.6 Å². The van der Waals surface area contributed by atoms with Crippen LogP contribution in [-0.2, 0) is 19.3 Å². The van der Waals surface area contributed by atoms with Crippen molar-refractivity contribution in [1.82, 2.24) is 15.1 Å². The third-order valence-electron chi connectivity index (χ3n) is 3.39. The molecule has 0 fully saturated rings. The maximum atomic E-state index is 12.6. The van der Waals surface area contributed by atoms with Crippen LogP contribution in [-0.4, -0.2) is 15.8 Å². The molecule has 1 heterocycles. The zero-order valence-corrected chi connectivity index (χ0v) is 12.7. The zero-order valence-electron chi connectivity index (χ0n) is 12.7. The van der Waals surface area contributed by atoms with Gasteiger partial charge in [-0.2, -0.15) is 18.3 Å². The van der Waals surface area contributed by atoms with E-state index >= 15 is 0 Å². The molecular formula is C15H17F3N4O. The van der Waals surface area contributed by atoms with Crippen LogP contribution in [0.25, 0.3) is 0 Å². The van der Waals surface area contributed by atoms with Crippen molar-refractivity contribution < 1.29 is 18.0 Å². The molecule has 0 aliphatic heterocycles. The van der Waals surface area contributed by atoms with Gasteiger partial charge in [0, 0.05) is 30.0 Å². The minimum Gasteiger partial charge on any atom is -0.334 e. The first kappa shape index (κ1) is 16.9. The van der Waals surface area contributed by atoms with Crippen molar-refractivity contribution in [3.63, 3.8) is 0 Å². The SMILES string of the molecule is CCn1ncc(CNC(=O)Nc2cccc(C(F)(F)F)c2)c1C. The molecule has 2 N–H and O–H groups in total. The Balaban J connectivity index is 1.96. The normalized spacial score (nSPS) is 11.3. The maximum absolute atomic E-state index is 12.6. The van der Waals surface area contributed by atoms with Crippen molar-refractivity contribution in [1.29, 1.82) is 0 Å². The molecule has 124 valence electrons. The molecule has 1 aromatic carbocycles. The number of benzene rings is 1. The Morgan fingerprint density at radius 1 is 1.35 bits per heavy atom. The Labute approximate surface area is 131 Å². The second-order valence-corrected chi connectivity index (χ2v) is 4.96. The number of amides is 2. The molecule has 0 unspecified atom stereocenters. The van der Waals surface area contributed by atoms with Crippen LogP contribution < -0.4 is 10.6 Å². The number of halogens is 3. The Hall–Kier alpha value is -2.51. The van der Waals surface area contributed by atoms with E-state index in [0.29, 0.717) is 0 Å². The summed E-state index contributed by atoms with van der Waals surface area (Å²) in [6.07, 6.45) is -2.79. The monoisotopic (exact) mass is 326 g/mol. The predicted octanol–water partition coefficient (Wildman–Crippen LogP) is 3.55. The smallest absolute Gasteiger partial charge is 0.334 e. The number of carbonyl (C=O) groups is 1. The topological polar surface area (TPSA) is 59.0 Å². The van der Waals surface area contributed by atoms with Crippen LogP contribution in [0, 0.1) is 6.92 Å². The number of urea groups is 1. The molecule has 0 saturated carbocycles. The number of hydrogen-bond donors (Lipinski definition) is 2. The lowest BCUT2D eigenvalue weighted by Gasteiger charge is -2.10. The molecule has 1 aromatic heterocycles. The fourth-order valence-electron chi connectivity index (χ4n) is 2.10. The second kappa shape index (κ2) is 6.72. The van der Waals surface area contributed by atoms with Crippen LogP contribution >= 0.6 is 0 Å². The molecule has 23 heavy (non-hydrogen) atoms. The lowest BCUT2D eigenvalue weighted by molar-refractivity contribution is -0.137. The second-order valence-electron chi connectivity index (χ2n) is 4.96. The highest BCUT2D eigenvalue weighted by Crippen LogP contribution is 2.30. The molecule has 0 atom stereocenters. The minimum atomic E-state index is -4.44. The van der Waals surface area contributed by atoms with Gasteiger partial charge in [0.25, 0.3) is 0 Å². The average molecular weight is 326 g/mol. The molecule has 0 radical (unpaired) electrons. The molecular weight excluding hydrogens is 309 g/mol. The highest BCUT2D eigenvalue weighted by molar-refractivity contribution is 5.89. The largest absolute Gasteiger partial charge is 0.416 e. The zero-order chi connectivity index (χ0) is 17.0. The van der Waals surface area contributed by atoms with Gasteiger partial charge in [0.15, 0.2) is 0 Å². The lowest BCUT2D eigenvalue weighted by Crippen LogP contribution is -2.28. The third-order valence-corrected chi connectivity index (χ3v) is 3.39. The van der Waals surface area contributed by atoms with E-state index in [9.17, 15) is 18.0 Å². The average Bonchev–Trinajstić information content (AvgIpc) is 2.85. The highest BCUT2D eigenvalue weighted by Gasteiger charge is 2.30. The molecule has 0 spiro atoms. The third kappa shape index (κ3) is 4.24. The van der Waals surface area contributed by atoms with E-state index in [1.165, 1.54) is 12.1 Å². The maximum Gasteiger partial charge on any atom is 0.416 e. The lowest BCUT2D eigenvalue weighted by atomic mass is 10.2. The van der Waals surface area contributed by atoms with Crippen molar-refractivity contribution in [3.8, 4) is 0 Å². The molecule has 2 aromatic rings. The van der Waals surface area contributed by atoms with E-state index < -0.39 is 17.8 Å². The summed E-state index contributed by atoms with van der Waals surface area (Å²) in [5.41, 5.74) is 1.06. The van der Waals surface area contributed by atoms with Crippen LogP contribution in [0.2, 0.25) is 0 Å². The van der Waals surface area contributed by atoms with E-state index in [1.807, 2.05) is 13.8 Å². The van der Waals surface area contributed by atoms with Gasteiger partial charge in [0.1, 0.15) is 0 Å². The Bertz CT molecular complexity index is 694. The summed E-state index contributed by atoms with van der Waals surface area (Å²) in [6.45, 7) is 4.81. The van der Waals surface area contributed by atoms with Gasteiger partial charge in [-0.25, -0.2) is 4.79 Å². The Morgan fingerprint density at radius 2 is 2.09 bits per heavy atom. The molecule has 0 bridgehead atoms. The Kier molecular flexibility index (Phi) is 4.92. The quantitative estimate of drug-likeness (QED) is 0.903. The first-order valence-electron chi connectivity index (χ1n) is 7.04. The van der Waals surface area contributed by atoms with Crippen LogP contribution in [0.1, 0.15) is 23.7 Å². The van der Waals surface area contributed by atoms with Gasteiger partial charge in [-0.15, -0.1) is 0 Å². The van der Waals surface area contributed by atoms with Crippen molar-refractivity contribution in [2.24, 2.45) is 0 Å². The van der Waals surface area contributed by atoms with Gasteiger partial charge >= 0.3 is 12.2 Å². The molecule has 5 nitrogen and oxygen atoms in total. The first-order valence-corrected chi connectivity index (χ1v) is 7.04. The van der Waals surface area contributed by atoms with Crippen molar-refractivity contribution in [2.45, 2.75) is 33.1 Å². The summed E-state index contributed by atoms with van der Waals surface area (Å²) in [7, 11) is 0. The predicted molar refractivity (Wildman–Crippen MR) is 79.9 cm³/mol. The van der Waals surface area contributed by atoms with Gasteiger partial charge in [0.2, 0.25) is 0 Å². The number of alkyl halides is 3. The van der Waals surface area contributed by atoms with Crippen molar-refractivity contribution >= 4 is 11.7 Å². The van der Waals surface area contributed by atoms with E-state index in [4.69, 9.17) is 0 Å².